The molecule has 0 saturated heterocycles. The standard InChI is InChI=1S/C12H17F2NOS/c1-7(16)8(2)17-6-12(15)10-4-3-9(13)5-11(10)14/h3-5,7-8,12,16H,6,15H2,1-2H3. The van der Waals surface area contributed by atoms with Crippen LogP contribution in [0.15, 0.2) is 18.2 Å². The van der Waals surface area contributed by atoms with E-state index in [2.05, 4.69) is 0 Å². The lowest BCUT2D eigenvalue weighted by molar-refractivity contribution is 0.196. The molecule has 1 rings (SSSR count). The van der Waals surface area contributed by atoms with E-state index in [0.717, 1.165) is 6.07 Å². The Balaban J connectivity index is 2.61. The van der Waals surface area contributed by atoms with Gasteiger partial charge in [0.2, 0.25) is 0 Å². The molecule has 0 saturated carbocycles. The normalized spacial score (nSPS) is 16.6. The second kappa shape index (κ2) is 6.33. The zero-order valence-electron chi connectivity index (χ0n) is 9.86. The SMILES string of the molecule is CC(O)C(C)SCC(N)c1ccc(F)cc1F. The molecular formula is C12H17F2NOS. The van der Waals surface area contributed by atoms with Gasteiger partial charge in [0, 0.05) is 28.7 Å². The van der Waals surface area contributed by atoms with Crippen molar-refractivity contribution in [3.63, 3.8) is 0 Å². The first-order chi connectivity index (χ1) is 7.91. The maximum absolute atomic E-state index is 13.4. The molecule has 0 spiro atoms. The van der Waals surface area contributed by atoms with Crippen molar-refractivity contribution in [2.75, 3.05) is 5.75 Å². The fraction of sp³-hybridized carbons (Fsp3) is 0.500. The van der Waals surface area contributed by atoms with Gasteiger partial charge < -0.3 is 10.8 Å². The van der Waals surface area contributed by atoms with Gasteiger partial charge in [-0.2, -0.15) is 11.8 Å². The Morgan fingerprint density at radius 2 is 2.00 bits per heavy atom. The third kappa shape index (κ3) is 4.26. The number of aliphatic hydroxyl groups is 1. The molecule has 1 aromatic carbocycles. The van der Waals surface area contributed by atoms with Crippen LogP contribution in [0.25, 0.3) is 0 Å². The minimum atomic E-state index is -0.622. The zero-order valence-corrected chi connectivity index (χ0v) is 10.7. The molecule has 0 aliphatic carbocycles. The van der Waals surface area contributed by atoms with Crippen molar-refractivity contribution in [2.24, 2.45) is 5.73 Å². The van der Waals surface area contributed by atoms with E-state index in [4.69, 9.17) is 5.73 Å². The van der Waals surface area contributed by atoms with Crippen molar-refractivity contribution in [1.29, 1.82) is 0 Å². The third-order valence-electron chi connectivity index (χ3n) is 2.58. The van der Waals surface area contributed by atoms with E-state index in [1.54, 1.807) is 6.92 Å². The summed E-state index contributed by atoms with van der Waals surface area (Å²) in [7, 11) is 0. The summed E-state index contributed by atoms with van der Waals surface area (Å²) in [6.07, 6.45) is -0.440. The molecule has 3 unspecified atom stereocenters. The zero-order chi connectivity index (χ0) is 13.0. The molecule has 2 nitrogen and oxygen atoms in total. The lowest BCUT2D eigenvalue weighted by Gasteiger charge is -2.18. The average Bonchev–Trinajstić information content (AvgIpc) is 2.25. The number of thioether (sulfide) groups is 1. The van der Waals surface area contributed by atoms with Crippen LogP contribution in [0.1, 0.15) is 25.5 Å². The molecule has 0 heterocycles. The van der Waals surface area contributed by atoms with Crippen LogP contribution in [0.2, 0.25) is 0 Å². The summed E-state index contributed by atoms with van der Waals surface area (Å²) in [5.41, 5.74) is 6.13. The van der Waals surface area contributed by atoms with Crippen LogP contribution < -0.4 is 5.73 Å². The van der Waals surface area contributed by atoms with Crippen LogP contribution >= 0.6 is 11.8 Å². The van der Waals surface area contributed by atoms with Gasteiger partial charge in [0.25, 0.3) is 0 Å². The highest BCUT2D eigenvalue weighted by atomic mass is 32.2. The average molecular weight is 261 g/mol. The monoisotopic (exact) mass is 261 g/mol. The molecule has 17 heavy (non-hydrogen) atoms. The van der Waals surface area contributed by atoms with Crippen molar-refractivity contribution in [3.05, 3.63) is 35.4 Å². The largest absolute Gasteiger partial charge is 0.392 e. The first-order valence-electron chi connectivity index (χ1n) is 5.42. The second-order valence-corrected chi connectivity index (χ2v) is 5.46. The van der Waals surface area contributed by atoms with Gasteiger partial charge in [-0.15, -0.1) is 0 Å². The maximum atomic E-state index is 13.4. The van der Waals surface area contributed by atoms with Gasteiger partial charge in [0.1, 0.15) is 11.6 Å². The number of aliphatic hydroxyl groups excluding tert-OH is 1. The molecule has 5 heteroatoms. The van der Waals surface area contributed by atoms with Crippen LogP contribution in [0, 0.1) is 11.6 Å². The van der Waals surface area contributed by atoms with E-state index in [0.29, 0.717) is 11.3 Å². The van der Waals surface area contributed by atoms with Crippen LogP contribution in [0.4, 0.5) is 8.78 Å². The van der Waals surface area contributed by atoms with E-state index < -0.39 is 23.8 Å². The molecule has 0 bridgehead atoms. The summed E-state index contributed by atoms with van der Waals surface area (Å²) in [5, 5.41) is 9.34. The Labute approximate surface area is 104 Å². The van der Waals surface area contributed by atoms with Crippen LogP contribution in [-0.2, 0) is 0 Å². The topological polar surface area (TPSA) is 46.2 Å². The summed E-state index contributed by atoms with van der Waals surface area (Å²) in [4.78, 5) is 0. The Hall–Kier alpha value is -0.650. The van der Waals surface area contributed by atoms with E-state index in [1.165, 1.54) is 23.9 Å². The highest BCUT2D eigenvalue weighted by molar-refractivity contribution is 7.99. The van der Waals surface area contributed by atoms with Crippen molar-refractivity contribution < 1.29 is 13.9 Å². The molecule has 3 atom stereocenters. The first-order valence-corrected chi connectivity index (χ1v) is 6.47. The Morgan fingerprint density at radius 3 is 2.53 bits per heavy atom. The van der Waals surface area contributed by atoms with Gasteiger partial charge in [-0.05, 0) is 13.0 Å². The highest BCUT2D eigenvalue weighted by Gasteiger charge is 2.15. The van der Waals surface area contributed by atoms with Gasteiger partial charge in [-0.3, -0.25) is 0 Å². The molecule has 0 radical (unpaired) electrons. The second-order valence-electron chi connectivity index (χ2n) is 4.05. The van der Waals surface area contributed by atoms with Crippen molar-refractivity contribution in [2.45, 2.75) is 31.2 Å². The van der Waals surface area contributed by atoms with E-state index in [-0.39, 0.29) is 5.25 Å². The van der Waals surface area contributed by atoms with E-state index >= 15 is 0 Å². The number of benzene rings is 1. The lowest BCUT2D eigenvalue weighted by Crippen LogP contribution is -2.20. The Morgan fingerprint density at radius 1 is 1.35 bits per heavy atom. The molecule has 1 aromatic rings. The van der Waals surface area contributed by atoms with E-state index in [9.17, 15) is 13.9 Å². The summed E-state index contributed by atoms with van der Waals surface area (Å²) >= 11 is 1.46. The van der Waals surface area contributed by atoms with Gasteiger partial charge >= 0.3 is 0 Å². The van der Waals surface area contributed by atoms with Gasteiger partial charge in [0.15, 0.2) is 0 Å². The summed E-state index contributed by atoms with van der Waals surface area (Å²) in [6, 6.07) is 2.89. The number of nitrogens with two attached hydrogens (primary N) is 1. The minimum Gasteiger partial charge on any atom is -0.392 e. The van der Waals surface area contributed by atoms with Crippen molar-refractivity contribution >= 4 is 11.8 Å². The third-order valence-corrected chi connectivity index (χ3v) is 4.05. The smallest absolute Gasteiger partial charge is 0.130 e. The quantitative estimate of drug-likeness (QED) is 0.856. The van der Waals surface area contributed by atoms with Crippen molar-refractivity contribution in [1.82, 2.24) is 0 Å². The molecule has 3 N–H and O–H groups in total. The minimum absolute atomic E-state index is 0.0320. The summed E-state index contributed by atoms with van der Waals surface area (Å²) < 4.78 is 26.1. The first kappa shape index (κ1) is 14.4. The van der Waals surface area contributed by atoms with Crippen LogP contribution in [-0.4, -0.2) is 22.2 Å². The number of hydrogen-bond acceptors (Lipinski definition) is 3. The molecule has 0 aliphatic heterocycles. The molecule has 96 valence electrons. The fourth-order valence-electron chi connectivity index (χ4n) is 1.29. The molecular weight excluding hydrogens is 244 g/mol. The van der Waals surface area contributed by atoms with Crippen molar-refractivity contribution in [3.8, 4) is 0 Å². The number of halogens is 2. The van der Waals surface area contributed by atoms with Gasteiger partial charge in [-0.1, -0.05) is 13.0 Å². The Bertz CT molecular complexity index is 374. The van der Waals surface area contributed by atoms with Crippen LogP contribution in [0.3, 0.4) is 0 Å². The highest BCUT2D eigenvalue weighted by Crippen LogP contribution is 2.23. The Kier molecular flexibility index (Phi) is 5.36. The van der Waals surface area contributed by atoms with E-state index in [1.807, 2.05) is 6.92 Å². The molecule has 0 fully saturated rings. The molecule has 0 aromatic heterocycles. The predicted molar refractivity (Wildman–Crippen MR) is 66.9 cm³/mol. The maximum Gasteiger partial charge on any atom is 0.130 e. The number of hydrogen-bond donors (Lipinski definition) is 2. The van der Waals surface area contributed by atoms with Gasteiger partial charge in [-0.25, -0.2) is 8.78 Å². The summed E-state index contributed by atoms with van der Waals surface area (Å²) in [6.45, 7) is 3.57. The molecule has 0 aliphatic rings. The lowest BCUT2D eigenvalue weighted by atomic mass is 10.1. The fourth-order valence-corrected chi connectivity index (χ4v) is 2.26. The molecule has 0 amide bonds. The van der Waals surface area contributed by atoms with Crippen LogP contribution in [0.5, 0.6) is 0 Å². The number of rotatable bonds is 5. The van der Waals surface area contributed by atoms with Gasteiger partial charge in [0.05, 0.1) is 6.10 Å². The predicted octanol–water partition coefficient (Wildman–Crippen LogP) is 2.47. The summed E-state index contributed by atoms with van der Waals surface area (Å²) in [5.74, 6) is -0.750.